The number of H-pyrrole nitrogens is 1. The van der Waals surface area contributed by atoms with E-state index in [1.54, 1.807) is 6.20 Å². The lowest BCUT2D eigenvalue weighted by Gasteiger charge is -2.31. The van der Waals surface area contributed by atoms with Crippen molar-refractivity contribution in [3.05, 3.63) is 29.2 Å². The molecule has 0 aromatic carbocycles. The molecule has 22 heavy (non-hydrogen) atoms. The smallest absolute Gasteiger partial charge is 0.257 e. The third-order valence-electron chi connectivity index (χ3n) is 4.09. The minimum Gasteiger partial charge on any atom is -0.339 e. The maximum Gasteiger partial charge on any atom is 0.257 e. The molecule has 0 spiro atoms. The highest BCUT2D eigenvalue weighted by Crippen LogP contribution is 2.27. The Labute approximate surface area is 129 Å². The van der Waals surface area contributed by atoms with Gasteiger partial charge in [-0.05, 0) is 19.8 Å². The van der Waals surface area contributed by atoms with Crippen molar-refractivity contribution in [1.82, 2.24) is 25.2 Å². The van der Waals surface area contributed by atoms with Crippen LogP contribution in [0.4, 0.5) is 0 Å². The molecular formula is C15H21N5O2. The number of piperidine rings is 1. The van der Waals surface area contributed by atoms with Crippen LogP contribution in [-0.4, -0.2) is 44.2 Å². The first-order valence-electron chi connectivity index (χ1n) is 7.69. The number of aromatic amines is 1. The van der Waals surface area contributed by atoms with Crippen molar-refractivity contribution in [2.24, 2.45) is 0 Å². The van der Waals surface area contributed by atoms with E-state index in [1.165, 1.54) is 0 Å². The highest BCUT2D eigenvalue weighted by molar-refractivity contribution is 5.95. The van der Waals surface area contributed by atoms with Gasteiger partial charge in [0.25, 0.3) is 5.91 Å². The zero-order valence-electron chi connectivity index (χ0n) is 13.2. The average Bonchev–Trinajstić information content (AvgIpc) is 3.15. The number of carbonyl (C=O) groups excluding carboxylic acids is 1. The van der Waals surface area contributed by atoms with Crippen molar-refractivity contribution < 1.29 is 9.32 Å². The number of carbonyl (C=O) groups is 1. The van der Waals surface area contributed by atoms with E-state index in [0.29, 0.717) is 23.8 Å². The summed E-state index contributed by atoms with van der Waals surface area (Å²) in [6, 6.07) is 0. The van der Waals surface area contributed by atoms with Crippen molar-refractivity contribution in [1.29, 1.82) is 0 Å². The quantitative estimate of drug-likeness (QED) is 0.939. The number of nitrogens with zero attached hydrogens (tertiary/aromatic N) is 4. The van der Waals surface area contributed by atoms with Crippen molar-refractivity contribution in [2.75, 3.05) is 13.1 Å². The summed E-state index contributed by atoms with van der Waals surface area (Å²) < 4.78 is 5.29. The van der Waals surface area contributed by atoms with E-state index in [9.17, 15) is 4.79 Å². The molecule has 1 fully saturated rings. The molecule has 0 bridgehead atoms. The molecule has 7 nitrogen and oxygen atoms in total. The Balaban J connectivity index is 1.73. The molecule has 0 unspecified atom stereocenters. The number of hydrogen-bond acceptors (Lipinski definition) is 5. The van der Waals surface area contributed by atoms with Crippen molar-refractivity contribution in [3.63, 3.8) is 0 Å². The number of nitrogens with one attached hydrogen (secondary N) is 1. The Morgan fingerprint density at radius 2 is 2.32 bits per heavy atom. The van der Waals surface area contributed by atoms with Crippen LogP contribution in [0, 0.1) is 6.92 Å². The summed E-state index contributed by atoms with van der Waals surface area (Å²) in [5.41, 5.74) is 1.44. The summed E-state index contributed by atoms with van der Waals surface area (Å²) in [4.78, 5) is 18.9. The molecule has 2 aromatic heterocycles. The van der Waals surface area contributed by atoms with Gasteiger partial charge in [0.05, 0.1) is 11.8 Å². The lowest BCUT2D eigenvalue weighted by atomic mass is 9.96. The van der Waals surface area contributed by atoms with Gasteiger partial charge < -0.3 is 9.42 Å². The molecule has 1 aliphatic heterocycles. The van der Waals surface area contributed by atoms with Crippen LogP contribution in [0.3, 0.4) is 0 Å². The Kier molecular flexibility index (Phi) is 3.96. The van der Waals surface area contributed by atoms with Gasteiger partial charge in [0.2, 0.25) is 5.89 Å². The molecule has 0 saturated carbocycles. The van der Waals surface area contributed by atoms with Gasteiger partial charge in [-0.1, -0.05) is 19.0 Å². The highest BCUT2D eigenvalue weighted by Gasteiger charge is 2.29. The summed E-state index contributed by atoms with van der Waals surface area (Å²) in [6.45, 7) is 7.29. The lowest BCUT2D eigenvalue weighted by molar-refractivity contribution is 0.0703. The molecule has 118 valence electrons. The third-order valence-corrected chi connectivity index (χ3v) is 4.09. The van der Waals surface area contributed by atoms with Crippen LogP contribution >= 0.6 is 0 Å². The normalized spacial score (nSPS) is 18.9. The van der Waals surface area contributed by atoms with Crippen LogP contribution in [0.1, 0.15) is 66.3 Å². The maximum absolute atomic E-state index is 12.6. The van der Waals surface area contributed by atoms with Crippen molar-refractivity contribution >= 4 is 5.91 Å². The van der Waals surface area contributed by atoms with Crippen molar-refractivity contribution in [3.8, 4) is 0 Å². The van der Waals surface area contributed by atoms with Gasteiger partial charge in [0, 0.05) is 30.6 Å². The number of hydrogen-bond donors (Lipinski definition) is 1. The Morgan fingerprint density at radius 1 is 1.50 bits per heavy atom. The third kappa shape index (κ3) is 2.75. The molecular weight excluding hydrogens is 282 g/mol. The van der Waals surface area contributed by atoms with E-state index < -0.39 is 0 Å². The number of rotatable bonds is 3. The van der Waals surface area contributed by atoms with Crippen LogP contribution in [0.5, 0.6) is 0 Å². The van der Waals surface area contributed by atoms with Crippen LogP contribution in [0.25, 0.3) is 0 Å². The van der Waals surface area contributed by atoms with E-state index in [1.807, 2.05) is 25.7 Å². The monoisotopic (exact) mass is 303 g/mol. The number of aromatic nitrogens is 4. The first-order chi connectivity index (χ1) is 10.6. The Morgan fingerprint density at radius 3 is 2.95 bits per heavy atom. The molecule has 1 atom stereocenters. The fraction of sp³-hybridized carbons (Fsp3) is 0.600. The predicted molar refractivity (Wildman–Crippen MR) is 79.6 cm³/mol. The molecule has 7 heteroatoms. The molecule has 3 rings (SSSR count). The standard InChI is InChI=1S/C15H21N5O2/c1-9(2)14-17-13(19-22-14)11-5-4-6-20(8-11)15(21)12-7-16-18-10(12)3/h7,9,11H,4-6,8H2,1-3H3,(H,16,18)/t11-/m0/s1. The summed E-state index contributed by atoms with van der Waals surface area (Å²) in [7, 11) is 0. The molecule has 1 saturated heterocycles. The minimum absolute atomic E-state index is 0.0172. The Bertz CT molecular complexity index is 660. The van der Waals surface area contributed by atoms with Gasteiger partial charge in [-0.15, -0.1) is 0 Å². The maximum atomic E-state index is 12.6. The number of aryl methyl sites for hydroxylation is 1. The van der Waals surface area contributed by atoms with Gasteiger partial charge >= 0.3 is 0 Å². The Hall–Kier alpha value is -2.18. The molecule has 2 aromatic rings. The zero-order chi connectivity index (χ0) is 15.7. The van der Waals surface area contributed by atoms with Crippen LogP contribution < -0.4 is 0 Å². The summed E-state index contributed by atoms with van der Waals surface area (Å²) >= 11 is 0. The van der Waals surface area contributed by atoms with E-state index in [0.717, 1.165) is 25.1 Å². The number of likely N-dealkylation sites (tertiary alicyclic amines) is 1. The largest absolute Gasteiger partial charge is 0.339 e. The van der Waals surface area contributed by atoms with Crippen LogP contribution in [0.2, 0.25) is 0 Å². The molecule has 1 amide bonds. The van der Waals surface area contributed by atoms with E-state index in [2.05, 4.69) is 20.3 Å². The second kappa shape index (κ2) is 5.90. The lowest BCUT2D eigenvalue weighted by Crippen LogP contribution is -2.39. The summed E-state index contributed by atoms with van der Waals surface area (Å²) in [5.74, 6) is 1.75. The molecule has 3 heterocycles. The average molecular weight is 303 g/mol. The second-order valence-corrected chi connectivity index (χ2v) is 6.14. The molecule has 1 aliphatic rings. The fourth-order valence-electron chi connectivity index (χ4n) is 2.76. The van der Waals surface area contributed by atoms with E-state index >= 15 is 0 Å². The number of amides is 1. The fourth-order valence-corrected chi connectivity index (χ4v) is 2.76. The molecule has 1 N–H and O–H groups in total. The first kappa shape index (κ1) is 14.7. The van der Waals surface area contributed by atoms with Gasteiger partial charge in [0.15, 0.2) is 5.82 Å². The van der Waals surface area contributed by atoms with Gasteiger partial charge in [0.1, 0.15) is 0 Å². The SMILES string of the molecule is Cc1[nH]ncc1C(=O)N1CCC[C@H](c2noc(C(C)C)n2)C1. The zero-order valence-corrected chi connectivity index (χ0v) is 13.2. The minimum atomic E-state index is 0.0172. The van der Waals surface area contributed by atoms with E-state index in [-0.39, 0.29) is 17.7 Å². The van der Waals surface area contributed by atoms with Gasteiger partial charge in [-0.3, -0.25) is 9.89 Å². The molecule has 0 radical (unpaired) electrons. The summed E-state index contributed by atoms with van der Waals surface area (Å²) in [6.07, 6.45) is 3.51. The first-order valence-corrected chi connectivity index (χ1v) is 7.69. The molecule has 0 aliphatic carbocycles. The van der Waals surface area contributed by atoms with E-state index in [4.69, 9.17) is 4.52 Å². The topological polar surface area (TPSA) is 87.9 Å². The highest BCUT2D eigenvalue weighted by atomic mass is 16.5. The van der Waals surface area contributed by atoms with Crippen LogP contribution in [-0.2, 0) is 0 Å². The summed E-state index contributed by atoms with van der Waals surface area (Å²) in [5, 5.41) is 10.8. The van der Waals surface area contributed by atoms with Crippen LogP contribution in [0.15, 0.2) is 10.7 Å². The predicted octanol–water partition coefficient (Wildman–Crippen LogP) is 2.24. The van der Waals surface area contributed by atoms with Gasteiger partial charge in [-0.25, -0.2) is 0 Å². The van der Waals surface area contributed by atoms with Crippen molar-refractivity contribution in [2.45, 2.75) is 45.4 Å². The second-order valence-electron chi connectivity index (χ2n) is 6.14. The van der Waals surface area contributed by atoms with Gasteiger partial charge in [-0.2, -0.15) is 10.1 Å².